The van der Waals surface area contributed by atoms with E-state index < -0.39 is 0 Å². The van der Waals surface area contributed by atoms with Crippen LogP contribution in [0.4, 0.5) is 5.69 Å². The minimum atomic E-state index is -0.386. The first-order valence-electron chi connectivity index (χ1n) is 7.82. The summed E-state index contributed by atoms with van der Waals surface area (Å²) in [5.74, 6) is 0. The predicted molar refractivity (Wildman–Crippen MR) is 92.4 cm³/mol. The molecular formula is C19H18N2O2. The van der Waals surface area contributed by atoms with Crippen molar-refractivity contribution >= 4 is 16.5 Å². The number of unbranched alkanes of at least 4 members (excludes halogenated alkanes) is 1. The summed E-state index contributed by atoms with van der Waals surface area (Å²) in [6, 6.07) is 14.9. The highest BCUT2D eigenvalue weighted by molar-refractivity contribution is 5.96. The first kappa shape index (κ1) is 15.2. The molecule has 23 heavy (non-hydrogen) atoms. The van der Waals surface area contributed by atoms with Gasteiger partial charge in [-0.25, -0.2) is 0 Å². The number of fused-ring (bicyclic) bond motifs is 1. The van der Waals surface area contributed by atoms with Crippen molar-refractivity contribution in [3.05, 3.63) is 70.4 Å². The molecule has 0 saturated heterocycles. The van der Waals surface area contributed by atoms with Gasteiger partial charge in [-0.15, -0.1) is 0 Å². The molecule has 0 fully saturated rings. The first-order chi connectivity index (χ1) is 11.2. The fourth-order valence-electron chi connectivity index (χ4n) is 2.83. The van der Waals surface area contributed by atoms with Gasteiger partial charge in [-0.05, 0) is 42.0 Å². The van der Waals surface area contributed by atoms with E-state index in [-0.39, 0.29) is 10.6 Å². The normalized spacial score (nSPS) is 10.8. The Balaban J connectivity index is 2.09. The third-order valence-corrected chi connectivity index (χ3v) is 4.05. The highest BCUT2D eigenvalue weighted by atomic mass is 16.6. The molecule has 0 amide bonds. The van der Waals surface area contributed by atoms with Crippen LogP contribution < -0.4 is 0 Å². The summed E-state index contributed by atoms with van der Waals surface area (Å²) < 4.78 is 0. The largest absolute Gasteiger partial charge is 0.269 e. The van der Waals surface area contributed by atoms with E-state index >= 15 is 0 Å². The van der Waals surface area contributed by atoms with Crippen LogP contribution in [0.2, 0.25) is 0 Å². The van der Waals surface area contributed by atoms with E-state index in [0.717, 1.165) is 35.9 Å². The monoisotopic (exact) mass is 306 g/mol. The number of nitrogens with zero attached hydrogens (tertiary/aromatic N) is 2. The highest BCUT2D eigenvalue weighted by Crippen LogP contribution is 2.30. The van der Waals surface area contributed by atoms with Crippen LogP contribution in [0.25, 0.3) is 22.0 Å². The van der Waals surface area contributed by atoms with E-state index in [4.69, 9.17) is 0 Å². The van der Waals surface area contributed by atoms with Gasteiger partial charge in [0.1, 0.15) is 0 Å². The quantitative estimate of drug-likeness (QED) is 0.483. The summed E-state index contributed by atoms with van der Waals surface area (Å²) in [6.07, 6.45) is 5.19. The lowest BCUT2D eigenvalue weighted by Crippen LogP contribution is -1.92. The first-order valence-corrected chi connectivity index (χ1v) is 7.82. The number of pyridine rings is 1. The Morgan fingerprint density at radius 1 is 1.04 bits per heavy atom. The van der Waals surface area contributed by atoms with Crippen LogP contribution in [-0.2, 0) is 6.42 Å². The molecule has 0 aliphatic rings. The van der Waals surface area contributed by atoms with Crippen molar-refractivity contribution in [3.8, 4) is 11.3 Å². The molecule has 0 bridgehead atoms. The second kappa shape index (κ2) is 6.57. The Kier molecular flexibility index (Phi) is 4.33. The van der Waals surface area contributed by atoms with Crippen LogP contribution >= 0.6 is 0 Å². The number of nitro benzene ring substituents is 1. The predicted octanol–water partition coefficient (Wildman–Crippen LogP) is 5.15. The van der Waals surface area contributed by atoms with Gasteiger partial charge in [-0.2, -0.15) is 0 Å². The van der Waals surface area contributed by atoms with Crippen molar-refractivity contribution in [2.24, 2.45) is 0 Å². The van der Waals surface area contributed by atoms with E-state index in [1.807, 2.05) is 6.20 Å². The van der Waals surface area contributed by atoms with Gasteiger partial charge >= 0.3 is 0 Å². The molecule has 0 radical (unpaired) electrons. The molecule has 0 spiro atoms. The van der Waals surface area contributed by atoms with Crippen LogP contribution in [-0.4, -0.2) is 9.91 Å². The van der Waals surface area contributed by atoms with Gasteiger partial charge in [-0.1, -0.05) is 31.5 Å². The van der Waals surface area contributed by atoms with Gasteiger partial charge in [-0.3, -0.25) is 15.1 Å². The molecule has 0 aliphatic carbocycles. The van der Waals surface area contributed by atoms with Gasteiger partial charge < -0.3 is 0 Å². The highest BCUT2D eigenvalue weighted by Gasteiger charge is 2.10. The minimum absolute atomic E-state index is 0.0950. The zero-order valence-corrected chi connectivity index (χ0v) is 13.0. The molecule has 3 aromatic rings. The summed E-state index contributed by atoms with van der Waals surface area (Å²) >= 11 is 0. The Hall–Kier alpha value is -2.75. The molecule has 2 aromatic carbocycles. The summed E-state index contributed by atoms with van der Waals surface area (Å²) in [4.78, 5) is 14.9. The molecule has 1 aromatic heterocycles. The lowest BCUT2D eigenvalue weighted by Gasteiger charge is -2.10. The Bertz CT molecular complexity index is 842. The number of hydrogen-bond donors (Lipinski definition) is 0. The number of rotatable bonds is 5. The summed E-state index contributed by atoms with van der Waals surface area (Å²) in [6.45, 7) is 2.19. The topological polar surface area (TPSA) is 56.0 Å². The van der Waals surface area contributed by atoms with Gasteiger partial charge in [0.25, 0.3) is 5.69 Å². The van der Waals surface area contributed by atoms with E-state index in [2.05, 4.69) is 36.2 Å². The average molecular weight is 306 g/mol. The third kappa shape index (κ3) is 3.06. The van der Waals surface area contributed by atoms with Gasteiger partial charge in [0.2, 0.25) is 0 Å². The fraction of sp³-hybridized carbons (Fsp3) is 0.211. The Labute approximate surface area is 135 Å². The van der Waals surface area contributed by atoms with Crippen LogP contribution in [0.5, 0.6) is 0 Å². The standard InChI is InChI=1S/C19H18N2O2/c1-2-3-5-14-6-4-7-18-17(14)12-13-20-19(18)15-8-10-16(11-9-15)21(22)23/h4,6-13H,2-3,5H2,1H3. The Morgan fingerprint density at radius 2 is 1.83 bits per heavy atom. The summed E-state index contributed by atoms with van der Waals surface area (Å²) in [5, 5.41) is 13.1. The minimum Gasteiger partial charge on any atom is -0.258 e. The lowest BCUT2D eigenvalue weighted by molar-refractivity contribution is -0.384. The van der Waals surface area contributed by atoms with Crippen molar-refractivity contribution in [2.75, 3.05) is 0 Å². The number of aromatic nitrogens is 1. The smallest absolute Gasteiger partial charge is 0.258 e. The number of non-ortho nitro benzene ring substituents is 1. The molecule has 4 nitrogen and oxygen atoms in total. The lowest BCUT2D eigenvalue weighted by atomic mass is 9.97. The second-order valence-corrected chi connectivity index (χ2v) is 5.58. The van der Waals surface area contributed by atoms with Crippen LogP contribution in [0.1, 0.15) is 25.3 Å². The molecule has 1 heterocycles. The van der Waals surface area contributed by atoms with Crippen LogP contribution in [0, 0.1) is 10.1 Å². The molecule has 0 saturated carbocycles. The molecular weight excluding hydrogens is 288 g/mol. The van der Waals surface area contributed by atoms with Gasteiger partial charge in [0.15, 0.2) is 0 Å². The maximum atomic E-state index is 10.8. The molecule has 0 aliphatic heterocycles. The molecule has 0 unspecified atom stereocenters. The van der Waals surface area contributed by atoms with Gasteiger partial charge in [0, 0.05) is 29.3 Å². The number of hydrogen-bond acceptors (Lipinski definition) is 3. The number of benzene rings is 2. The van der Waals surface area contributed by atoms with E-state index in [1.54, 1.807) is 12.1 Å². The maximum Gasteiger partial charge on any atom is 0.269 e. The van der Waals surface area contributed by atoms with Gasteiger partial charge in [0.05, 0.1) is 10.6 Å². The molecule has 0 atom stereocenters. The SMILES string of the molecule is CCCCc1cccc2c(-c3ccc([N+](=O)[O-])cc3)nccc12. The van der Waals surface area contributed by atoms with Crippen LogP contribution in [0.15, 0.2) is 54.7 Å². The van der Waals surface area contributed by atoms with E-state index in [1.165, 1.54) is 23.1 Å². The van der Waals surface area contributed by atoms with Crippen molar-refractivity contribution in [1.29, 1.82) is 0 Å². The van der Waals surface area contributed by atoms with Crippen molar-refractivity contribution in [3.63, 3.8) is 0 Å². The van der Waals surface area contributed by atoms with Crippen molar-refractivity contribution < 1.29 is 4.92 Å². The van der Waals surface area contributed by atoms with Crippen LogP contribution in [0.3, 0.4) is 0 Å². The number of aryl methyl sites for hydroxylation is 1. The fourth-order valence-corrected chi connectivity index (χ4v) is 2.83. The maximum absolute atomic E-state index is 10.8. The molecule has 3 rings (SSSR count). The van der Waals surface area contributed by atoms with E-state index in [0.29, 0.717) is 0 Å². The van der Waals surface area contributed by atoms with E-state index in [9.17, 15) is 10.1 Å². The molecule has 4 heteroatoms. The average Bonchev–Trinajstić information content (AvgIpc) is 2.59. The van der Waals surface area contributed by atoms with Crippen molar-refractivity contribution in [1.82, 2.24) is 4.98 Å². The Morgan fingerprint density at radius 3 is 2.52 bits per heavy atom. The summed E-state index contributed by atoms with van der Waals surface area (Å²) in [5.41, 5.74) is 3.19. The second-order valence-electron chi connectivity index (χ2n) is 5.58. The number of nitro groups is 1. The zero-order valence-electron chi connectivity index (χ0n) is 13.0. The third-order valence-electron chi connectivity index (χ3n) is 4.05. The molecule has 116 valence electrons. The van der Waals surface area contributed by atoms with Crippen molar-refractivity contribution in [2.45, 2.75) is 26.2 Å². The summed E-state index contributed by atoms with van der Waals surface area (Å²) in [7, 11) is 0. The zero-order chi connectivity index (χ0) is 16.2. The molecule has 0 N–H and O–H groups in total.